The van der Waals surface area contributed by atoms with Crippen molar-refractivity contribution in [3.05, 3.63) is 29.8 Å². The van der Waals surface area contributed by atoms with E-state index in [1.807, 2.05) is 0 Å². The number of hydrogen-bond donors (Lipinski definition) is 1. The second kappa shape index (κ2) is 6.00. The predicted octanol–water partition coefficient (Wildman–Crippen LogP) is 1.35. The van der Waals surface area contributed by atoms with E-state index in [0.717, 1.165) is 0 Å². The highest BCUT2D eigenvalue weighted by molar-refractivity contribution is 6.03. The van der Waals surface area contributed by atoms with Gasteiger partial charge in [-0.1, -0.05) is 12.1 Å². The number of para-hydroxylation sites is 1. The molecule has 17 heavy (non-hydrogen) atoms. The number of amides is 2. The van der Waals surface area contributed by atoms with Gasteiger partial charge in [-0.25, -0.2) is 5.48 Å². The van der Waals surface area contributed by atoms with E-state index < -0.39 is 0 Å². The largest absolute Gasteiger partial charge is 0.315 e. The molecule has 2 amide bonds. The Kier molecular flexibility index (Phi) is 4.66. The van der Waals surface area contributed by atoms with Gasteiger partial charge < -0.3 is 4.90 Å². The molecule has 0 bridgehead atoms. The maximum atomic E-state index is 11.8. The summed E-state index contributed by atoms with van der Waals surface area (Å²) in [4.78, 5) is 29.3. The normalized spacial score (nSPS) is 9.82. The molecule has 0 aliphatic heterocycles. The van der Waals surface area contributed by atoms with Crippen LogP contribution in [0, 0.1) is 0 Å². The van der Waals surface area contributed by atoms with Crippen LogP contribution in [0.5, 0.6) is 0 Å². The van der Waals surface area contributed by atoms with Crippen molar-refractivity contribution < 1.29 is 14.4 Å². The van der Waals surface area contributed by atoms with Gasteiger partial charge in [-0.2, -0.15) is 0 Å². The topological polar surface area (TPSA) is 58.6 Å². The highest BCUT2D eigenvalue weighted by Gasteiger charge is 2.15. The molecule has 0 aliphatic rings. The molecule has 0 atom stereocenters. The molecule has 0 saturated heterocycles. The molecule has 1 aromatic rings. The number of hydroxylamine groups is 1. The summed E-state index contributed by atoms with van der Waals surface area (Å²) in [5.41, 5.74) is 3.26. The van der Waals surface area contributed by atoms with E-state index in [1.165, 1.54) is 11.8 Å². The van der Waals surface area contributed by atoms with Gasteiger partial charge in [0.25, 0.3) is 5.91 Å². The molecule has 5 heteroatoms. The average molecular weight is 236 g/mol. The number of carbonyl (C=O) groups excluding carboxylic acids is 2. The first-order chi connectivity index (χ1) is 8.07. The van der Waals surface area contributed by atoms with Gasteiger partial charge in [0.1, 0.15) is 0 Å². The Morgan fingerprint density at radius 1 is 1.35 bits per heavy atom. The smallest absolute Gasteiger partial charge is 0.276 e. The summed E-state index contributed by atoms with van der Waals surface area (Å²) < 4.78 is 0. The number of nitrogens with one attached hydrogen (secondary N) is 1. The molecular weight excluding hydrogens is 220 g/mol. The van der Waals surface area contributed by atoms with Crippen LogP contribution in [-0.2, 0) is 9.63 Å². The van der Waals surface area contributed by atoms with Crippen LogP contribution in [-0.4, -0.2) is 25.5 Å². The fourth-order valence-electron chi connectivity index (χ4n) is 1.32. The Balaban J connectivity index is 2.99. The molecule has 0 aromatic heterocycles. The Bertz CT molecular complexity index is 418. The van der Waals surface area contributed by atoms with E-state index in [0.29, 0.717) is 17.9 Å². The van der Waals surface area contributed by atoms with E-state index in [2.05, 4.69) is 5.48 Å². The zero-order valence-electron chi connectivity index (χ0n) is 10.2. The summed E-state index contributed by atoms with van der Waals surface area (Å²) in [6.07, 6.45) is 0. The summed E-state index contributed by atoms with van der Waals surface area (Å²) in [5.74, 6) is -0.503. The van der Waals surface area contributed by atoms with Crippen molar-refractivity contribution in [2.75, 3.05) is 18.6 Å². The van der Waals surface area contributed by atoms with Crippen molar-refractivity contribution in [1.82, 2.24) is 5.48 Å². The Morgan fingerprint density at radius 3 is 2.59 bits per heavy atom. The fourth-order valence-corrected chi connectivity index (χ4v) is 1.32. The van der Waals surface area contributed by atoms with Crippen LogP contribution in [0.2, 0.25) is 0 Å². The van der Waals surface area contributed by atoms with Crippen molar-refractivity contribution in [2.45, 2.75) is 13.8 Å². The number of benzene rings is 1. The highest BCUT2D eigenvalue weighted by atomic mass is 16.6. The molecule has 92 valence electrons. The zero-order valence-corrected chi connectivity index (χ0v) is 10.2. The van der Waals surface area contributed by atoms with Gasteiger partial charge in [0.05, 0.1) is 17.9 Å². The summed E-state index contributed by atoms with van der Waals surface area (Å²) in [6.45, 7) is 3.60. The van der Waals surface area contributed by atoms with E-state index in [-0.39, 0.29) is 11.8 Å². The third-order valence-corrected chi connectivity index (χ3v) is 2.29. The van der Waals surface area contributed by atoms with Crippen molar-refractivity contribution in [1.29, 1.82) is 0 Å². The molecule has 0 saturated carbocycles. The SMILES string of the molecule is CCONC(=O)c1ccccc1N(C)C(C)=O. The summed E-state index contributed by atoms with van der Waals surface area (Å²) in [7, 11) is 1.62. The van der Waals surface area contributed by atoms with Gasteiger partial charge in [0.15, 0.2) is 0 Å². The van der Waals surface area contributed by atoms with Crippen LogP contribution >= 0.6 is 0 Å². The monoisotopic (exact) mass is 236 g/mol. The second-order valence-corrected chi connectivity index (χ2v) is 3.46. The standard InChI is InChI=1S/C12H16N2O3/c1-4-17-13-12(16)10-7-5-6-8-11(10)14(3)9(2)15/h5-8H,4H2,1-3H3,(H,13,16). The van der Waals surface area contributed by atoms with Crippen LogP contribution < -0.4 is 10.4 Å². The molecule has 5 nitrogen and oxygen atoms in total. The van der Waals surface area contributed by atoms with E-state index in [1.54, 1.807) is 38.2 Å². The predicted molar refractivity (Wildman–Crippen MR) is 64.6 cm³/mol. The van der Waals surface area contributed by atoms with Gasteiger partial charge in [0, 0.05) is 14.0 Å². The molecule has 0 spiro atoms. The van der Waals surface area contributed by atoms with Crippen LogP contribution in [0.3, 0.4) is 0 Å². The van der Waals surface area contributed by atoms with E-state index in [4.69, 9.17) is 4.84 Å². The Hall–Kier alpha value is -1.88. The summed E-state index contributed by atoms with van der Waals surface area (Å²) in [5, 5.41) is 0. The number of nitrogens with zero attached hydrogens (tertiary/aromatic N) is 1. The Morgan fingerprint density at radius 2 is 2.00 bits per heavy atom. The molecule has 0 aliphatic carbocycles. The van der Waals surface area contributed by atoms with Crippen LogP contribution in [0.1, 0.15) is 24.2 Å². The first-order valence-electron chi connectivity index (χ1n) is 5.33. The van der Waals surface area contributed by atoms with Gasteiger partial charge in [-0.05, 0) is 19.1 Å². The lowest BCUT2D eigenvalue weighted by Crippen LogP contribution is -2.29. The van der Waals surface area contributed by atoms with Crippen molar-refractivity contribution in [3.8, 4) is 0 Å². The number of anilines is 1. The highest BCUT2D eigenvalue weighted by Crippen LogP contribution is 2.19. The van der Waals surface area contributed by atoms with E-state index >= 15 is 0 Å². The van der Waals surface area contributed by atoms with Gasteiger partial charge in [0.2, 0.25) is 5.91 Å². The molecule has 0 fully saturated rings. The van der Waals surface area contributed by atoms with Gasteiger partial charge in [-0.3, -0.25) is 14.4 Å². The second-order valence-electron chi connectivity index (χ2n) is 3.46. The van der Waals surface area contributed by atoms with Crippen molar-refractivity contribution >= 4 is 17.5 Å². The number of rotatable bonds is 4. The molecule has 1 aromatic carbocycles. The average Bonchev–Trinajstić information content (AvgIpc) is 2.34. The minimum absolute atomic E-state index is 0.137. The molecule has 1 rings (SSSR count). The maximum absolute atomic E-state index is 11.8. The lowest BCUT2D eigenvalue weighted by Gasteiger charge is -2.18. The third-order valence-electron chi connectivity index (χ3n) is 2.29. The van der Waals surface area contributed by atoms with Crippen LogP contribution in [0.25, 0.3) is 0 Å². The molecular formula is C12H16N2O3. The molecule has 0 radical (unpaired) electrons. The molecule has 1 N–H and O–H groups in total. The molecule has 0 unspecified atom stereocenters. The third kappa shape index (κ3) is 3.29. The van der Waals surface area contributed by atoms with Gasteiger partial charge >= 0.3 is 0 Å². The first kappa shape index (κ1) is 13.2. The molecule has 0 heterocycles. The summed E-state index contributed by atoms with van der Waals surface area (Å²) in [6, 6.07) is 6.86. The maximum Gasteiger partial charge on any atom is 0.276 e. The quantitative estimate of drug-likeness (QED) is 0.803. The van der Waals surface area contributed by atoms with Gasteiger partial charge in [-0.15, -0.1) is 0 Å². The first-order valence-corrected chi connectivity index (χ1v) is 5.33. The van der Waals surface area contributed by atoms with Crippen LogP contribution in [0.15, 0.2) is 24.3 Å². The van der Waals surface area contributed by atoms with Crippen LogP contribution in [0.4, 0.5) is 5.69 Å². The number of carbonyl (C=O) groups is 2. The number of hydrogen-bond acceptors (Lipinski definition) is 3. The lowest BCUT2D eigenvalue weighted by molar-refractivity contribution is -0.116. The lowest BCUT2D eigenvalue weighted by atomic mass is 10.1. The van der Waals surface area contributed by atoms with Crippen molar-refractivity contribution in [3.63, 3.8) is 0 Å². The van der Waals surface area contributed by atoms with Crippen molar-refractivity contribution in [2.24, 2.45) is 0 Å². The Labute approximate surface area is 100 Å². The zero-order chi connectivity index (χ0) is 12.8. The summed E-state index contributed by atoms with van der Waals surface area (Å²) >= 11 is 0. The minimum Gasteiger partial charge on any atom is -0.315 e. The fraction of sp³-hybridized carbons (Fsp3) is 0.333. The van der Waals surface area contributed by atoms with E-state index in [9.17, 15) is 9.59 Å². The minimum atomic E-state index is -0.365.